The highest BCUT2D eigenvalue weighted by Crippen LogP contribution is 2.33. The second kappa shape index (κ2) is 7.19. The van der Waals surface area contributed by atoms with Crippen molar-refractivity contribution in [2.24, 2.45) is 0 Å². The number of aromatic nitrogens is 1. The highest BCUT2D eigenvalue weighted by molar-refractivity contribution is 7.09. The normalized spacial score (nSPS) is 13.8. The molecule has 0 spiro atoms. The molecule has 0 bridgehead atoms. The Hall–Kier alpha value is -2.12. The van der Waals surface area contributed by atoms with E-state index in [0.29, 0.717) is 24.6 Å². The van der Waals surface area contributed by atoms with Gasteiger partial charge >= 0.3 is 0 Å². The summed E-state index contributed by atoms with van der Waals surface area (Å²) in [6, 6.07) is 5.65. The van der Waals surface area contributed by atoms with Crippen molar-refractivity contribution < 1.29 is 19.0 Å². The van der Waals surface area contributed by atoms with Crippen LogP contribution in [-0.2, 0) is 11.3 Å². The number of carbonyl (C=O) groups excluding carboxylic acids is 1. The van der Waals surface area contributed by atoms with Gasteiger partial charge in [-0.1, -0.05) is 6.07 Å². The summed E-state index contributed by atoms with van der Waals surface area (Å²) in [7, 11) is 1.63. The van der Waals surface area contributed by atoms with Gasteiger partial charge in [0.25, 0.3) is 5.91 Å². The van der Waals surface area contributed by atoms with E-state index in [-0.39, 0.29) is 18.7 Å². The molecule has 0 N–H and O–H groups in total. The van der Waals surface area contributed by atoms with Crippen molar-refractivity contribution >= 4 is 17.2 Å². The Morgan fingerprint density at radius 2 is 2.21 bits per heavy atom. The van der Waals surface area contributed by atoms with E-state index in [0.717, 1.165) is 16.3 Å². The van der Waals surface area contributed by atoms with Crippen LogP contribution >= 0.6 is 11.3 Å². The van der Waals surface area contributed by atoms with Crippen molar-refractivity contribution in [2.45, 2.75) is 26.4 Å². The summed E-state index contributed by atoms with van der Waals surface area (Å²) < 4.78 is 16.0. The van der Waals surface area contributed by atoms with Gasteiger partial charge in [-0.25, -0.2) is 4.98 Å². The zero-order valence-corrected chi connectivity index (χ0v) is 14.8. The number of methoxy groups -OCH3 is 1. The smallest absolute Gasteiger partial charge is 0.273 e. The number of amides is 1. The van der Waals surface area contributed by atoms with Crippen LogP contribution in [0.3, 0.4) is 0 Å². The van der Waals surface area contributed by atoms with Gasteiger partial charge in [-0.05, 0) is 31.5 Å². The molecule has 1 unspecified atom stereocenters. The molecule has 1 aliphatic rings. The highest BCUT2D eigenvalue weighted by atomic mass is 32.1. The number of rotatable bonds is 6. The average Bonchev–Trinajstić information content (AvgIpc) is 3.20. The molecule has 6 nitrogen and oxygen atoms in total. The number of hydrogen-bond acceptors (Lipinski definition) is 6. The van der Waals surface area contributed by atoms with Crippen LogP contribution in [0.15, 0.2) is 23.6 Å². The third-order valence-corrected chi connectivity index (χ3v) is 4.60. The van der Waals surface area contributed by atoms with E-state index in [1.165, 1.54) is 11.3 Å². The lowest BCUT2D eigenvalue weighted by Gasteiger charge is -2.28. The van der Waals surface area contributed by atoms with Crippen LogP contribution in [0.4, 0.5) is 0 Å². The van der Waals surface area contributed by atoms with E-state index in [1.54, 1.807) is 17.4 Å². The fourth-order valence-corrected chi connectivity index (χ4v) is 3.19. The number of hydrogen-bond donors (Lipinski definition) is 0. The van der Waals surface area contributed by atoms with E-state index >= 15 is 0 Å². The number of carbonyl (C=O) groups is 1. The zero-order chi connectivity index (χ0) is 17.1. The van der Waals surface area contributed by atoms with Crippen LogP contribution in [0.2, 0.25) is 0 Å². The van der Waals surface area contributed by atoms with Gasteiger partial charge in [0.05, 0.1) is 17.7 Å². The standard InChI is InChI=1S/C17H20N2O4S/c1-11(8-21-3)19(17(20)14-9-24-12(2)18-14)7-13-4-5-15-16(6-13)23-10-22-15/h4-6,9,11H,7-8,10H2,1-3H3. The number of benzene rings is 1. The van der Waals surface area contributed by atoms with Crippen molar-refractivity contribution in [1.82, 2.24) is 9.88 Å². The molecule has 1 aromatic heterocycles. The van der Waals surface area contributed by atoms with Gasteiger partial charge in [-0.15, -0.1) is 11.3 Å². The number of fused-ring (bicyclic) bond motifs is 1. The summed E-state index contributed by atoms with van der Waals surface area (Å²) in [5, 5.41) is 2.67. The monoisotopic (exact) mass is 348 g/mol. The summed E-state index contributed by atoms with van der Waals surface area (Å²) in [6.45, 7) is 5.01. The van der Waals surface area contributed by atoms with E-state index in [1.807, 2.05) is 32.0 Å². The maximum absolute atomic E-state index is 12.9. The minimum atomic E-state index is -0.0958. The molecule has 0 fully saturated rings. The molecule has 128 valence electrons. The second-order valence-electron chi connectivity index (χ2n) is 5.68. The first kappa shape index (κ1) is 16.7. The zero-order valence-electron chi connectivity index (χ0n) is 13.9. The molecular weight excluding hydrogens is 328 g/mol. The van der Waals surface area contributed by atoms with Crippen LogP contribution in [-0.4, -0.2) is 42.3 Å². The molecular formula is C17H20N2O4S. The van der Waals surface area contributed by atoms with Gasteiger partial charge < -0.3 is 19.1 Å². The van der Waals surface area contributed by atoms with Crippen LogP contribution in [0.1, 0.15) is 28.0 Å². The van der Waals surface area contributed by atoms with E-state index < -0.39 is 0 Å². The van der Waals surface area contributed by atoms with Crippen LogP contribution in [0.25, 0.3) is 0 Å². The first-order valence-corrected chi connectivity index (χ1v) is 8.57. The Bertz CT molecular complexity index is 731. The molecule has 0 saturated carbocycles. The third kappa shape index (κ3) is 3.52. The van der Waals surface area contributed by atoms with E-state index in [2.05, 4.69) is 4.98 Å². The van der Waals surface area contributed by atoms with Gasteiger partial charge in [0, 0.05) is 19.0 Å². The minimum absolute atomic E-state index is 0.0741. The molecule has 7 heteroatoms. The number of nitrogens with zero attached hydrogens (tertiary/aromatic N) is 2. The quantitative estimate of drug-likeness (QED) is 0.803. The molecule has 1 amide bonds. The predicted octanol–water partition coefficient (Wildman–Crippen LogP) is 2.86. The molecule has 1 aliphatic heterocycles. The van der Waals surface area contributed by atoms with Gasteiger partial charge in [-0.2, -0.15) is 0 Å². The fourth-order valence-electron chi connectivity index (χ4n) is 2.60. The molecule has 2 aromatic rings. The molecule has 1 aromatic carbocycles. The van der Waals surface area contributed by atoms with Gasteiger partial charge in [0.15, 0.2) is 11.5 Å². The Morgan fingerprint density at radius 3 is 2.92 bits per heavy atom. The summed E-state index contributed by atoms with van der Waals surface area (Å²) >= 11 is 1.47. The Kier molecular flexibility index (Phi) is 5.01. The second-order valence-corrected chi connectivity index (χ2v) is 6.74. The largest absolute Gasteiger partial charge is 0.454 e. The van der Waals surface area contributed by atoms with Gasteiger partial charge in [0.2, 0.25) is 6.79 Å². The molecule has 0 aliphatic carbocycles. The Morgan fingerprint density at radius 1 is 1.42 bits per heavy atom. The van der Waals surface area contributed by atoms with Crippen molar-refractivity contribution in [1.29, 1.82) is 0 Å². The lowest BCUT2D eigenvalue weighted by Crippen LogP contribution is -2.40. The fraction of sp³-hybridized carbons (Fsp3) is 0.412. The predicted molar refractivity (Wildman–Crippen MR) is 90.6 cm³/mol. The first-order chi connectivity index (χ1) is 11.6. The molecule has 2 heterocycles. The number of thiazole rings is 1. The van der Waals surface area contributed by atoms with Crippen LogP contribution < -0.4 is 9.47 Å². The first-order valence-electron chi connectivity index (χ1n) is 7.69. The van der Waals surface area contributed by atoms with E-state index in [4.69, 9.17) is 14.2 Å². The maximum Gasteiger partial charge on any atom is 0.273 e. The maximum atomic E-state index is 12.9. The average molecular weight is 348 g/mol. The lowest BCUT2D eigenvalue weighted by molar-refractivity contribution is 0.0537. The van der Waals surface area contributed by atoms with Gasteiger partial charge in [0.1, 0.15) is 5.69 Å². The minimum Gasteiger partial charge on any atom is -0.454 e. The topological polar surface area (TPSA) is 60.9 Å². The summed E-state index contributed by atoms with van der Waals surface area (Å²) in [5.41, 5.74) is 1.45. The Balaban J connectivity index is 1.83. The SMILES string of the molecule is COCC(C)N(Cc1ccc2c(c1)OCO2)C(=O)c1csc(C)n1. The number of aryl methyl sites for hydroxylation is 1. The van der Waals surface area contributed by atoms with Crippen molar-refractivity contribution in [3.63, 3.8) is 0 Å². The summed E-state index contributed by atoms with van der Waals surface area (Å²) in [6.07, 6.45) is 0. The Labute approximate surface area is 145 Å². The highest BCUT2D eigenvalue weighted by Gasteiger charge is 2.24. The van der Waals surface area contributed by atoms with Gasteiger partial charge in [-0.3, -0.25) is 4.79 Å². The van der Waals surface area contributed by atoms with E-state index in [9.17, 15) is 4.79 Å². The molecule has 3 rings (SSSR count). The molecule has 1 atom stereocenters. The summed E-state index contributed by atoms with van der Waals surface area (Å²) in [5.74, 6) is 1.35. The lowest BCUT2D eigenvalue weighted by atomic mass is 10.1. The molecule has 0 saturated heterocycles. The third-order valence-electron chi connectivity index (χ3n) is 3.83. The van der Waals surface area contributed by atoms with Crippen LogP contribution in [0.5, 0.6) is 11.5 Å². The molecule has 0 radical (unpaired) electrons. The number of ether oxygens (including phenoxy) is 3. The summed E-state index contributed by atoms with van der Waals surface area (Å²) in [4.78, 5) is 19.0. The van der Waals surface area contributed by atoms with Crippen molar-refractivity contribution in [3.8, 4) is 11.5 Å². The molecule has 24 heavy (non-hydrogen) atoms. The van der Waals surface area contributed by atoms with Crippen LogP contribution in [0, 0.1) is 6.92 Å². The van der Waals surface area contributed by atoms with Crippen molar-refractivity contribution in [3.05, 3.63) is 39.8 Å². The van der Waals surface area contributed by atoms with Crippen molar-refractivity contribution in [2.75, 3.05) is 20.5 Å².